The van der Waals surface area contributed by atoms with Crippen molar-refractivity contribution in [3.05, 3.63) is 119 Å². The first-order valence-corrected chi connectivity index (χ1v) is 12.4. The number of hydrogen-bond acceptors (Lipinski definition) is 4. The molecule has 0 aliphatic carbocycles. The Hall–Kier alpha value is -4.03. The Balaban J connectivity index is 1.55. The molecule has 0 fully saturated rings. The summed E-state index contributed by atoms with van der Waals surface area (Å²) in [7, 11) is -2.09. The van der Waals surface area contributed by atoms with Gasteiger partial charge < -0.3 is 9.47 Å². The summed E-state index contributed by atoms with van der Waals surface area (Å²) in [4.78, 5) is 0. The first-order valence-electron chi connectivity index (χ1n) is 10.8. The van der Waals surface area contributed by atoms with Crippen LogP contribution in [-0.4, -0.2) is 15.5 Å². The summed E-state index contributed by atoms with van der Waals surface area (Å²) >= 11 is 0. The summed E-state index contributed by atoms with van der Waals surface area (Å²) in [6, 6.07) is 30.4. The summed E-state index contributed by atoms with van der Waals surface area (Å²) in [5, 5.41) is 1.17. The van der Waals surface area contributed by atoms with Crippen molar-refractivity contribution in [2.75, 3.05) is 11.8 Å². The molecule has 5 nitrogen and oxygen atoms in total. The van der Waals surface area contributed by atoms with E-state index >= 15 is 0 Å². The van der Waals surface area contributed by atoms with Gasteiger partial charge in [-0.25, -0.2) is 8.42 Å². The van der Waals surface area contributed by atoms with Crippen molar-refractivity contribution in [2.24, 2.45) is 0 Å². The predicted molar refractivity (Wildman–Crippen MR) is 135 cm³/mol. The molecule has 0 amide bonds. The molecule has 6 heteroatoms. The van der Waals surface area contributed by atoms with Crippen LogP contribution in [0.3, 0.4) is 0 Å². The zero-order chi connectivity index (χ0) is 23.5. The Bertz CT molecular complexity index is 1450. The van der Waals surface area contributed by atoms with Crippen molar-refractivity contribution in [1.82, 2.24) is 0 Å². The smallest absolute Gasteiger partial charge is 0.255 e. The van der Waals surface area contributed by atoms with Crippen LogP contribution >= 0.6 is 0 Å². The highest BCUT2D eigenvalue weighted by molar-refractivity contribution is 7.95. The van der Waals surface area contributed by atoms with E-state index in [0.717, 1.165) is 33.6 Å². The molecule has 0 spiro atoms. The van der Waals surface area contributed by atoms with Crippen molar-refractivity contribution >= 4 is 21.8 Å². The first-order chi connectivity index (χ1) is 16.5. The summed E-state index contributed by atoms with van der Waals surface area (Å²) in [6.45, 7) is 0. The fraction of sp³-hybridized carbons (Fsp3) is 0.0714. The van der Waals surface area contributed by atoms with Gasteiger partial charge in [0.25, 0.3) is 10.0 Å². The fourth-order valence-electron chi connectivity index (χ4n) is 4.11. The van der Waals surface area contributed by atoms with Crippen LogP contribution in [0.25, 0.3) is 17.2 Å². The van der Waals surface area contributed by atoms with Gasteiger partial charge in [0.15, 0.2) is 0 Å². The van der Waals surface area contributed by atoms with Crippen LogP contribution < -0.4 is 14.2 Å². The minimum atomic E-state index is -3.71. The number of fused-ring (bicyclic) bond motifs is 3. The van der Waals surface area contributed by atoms with Crippen LogP contribution in [-0.2, 0) is 10.0 Å². The minimum absolute atomic E-state index is 0.389. The SMILES string of the molecule is COc1cccc2c1-c1ccc(NS(=O)(=O)/C=C/c3ccccc3)cc1C(c1ccccc1)O2. The van der Waals surface area contributed by atoms with E-state index in [4.69, 9.17) is 9.47 Å². The van der Waals surface area contributed by atoms with E-state index in [-0.39, 0.29) is 6.10 Å². The summed E-state index contributed by atoms with van der Waals surface area (Å²) in [5.41, 5.74) is 4.89. The lowest BCUT2D eigenvalue weighted by molar-refractivity contribution is 0.242. The second-order valence-corrected chi connectivity index (χ2v) is 9.47. The number of nitrogens with one attached hydrogen (secondary N) is 1. The molecule has 1 N–H and O–H groups in total. The third-order valence-electron chi connectivity index (χ3n) is 5.66. The van der Waals surface area contributed by atoms with Gasteiger partial charge in [-0.3, -0.25) is 4.72 Å². The summed E-state index contributed by atoms with van der Waals surface area (Å²) in [6.07, 6.45) is 1.18. The van der Waals surface area contributed by atoms with Crippen LogP contribution in [0.5, 0.6) is 11.5 Å². The van der Waals surface area contributed by atoms with Gasteiger partial charge >= 0.3 is 0 Å². The Labute approximate surface area is 199 Å². The lowest BCUT2D eigenvalue weighted by Gasteiger charge is -2.30. The highest BCUT2D eigenvalue weighted by atomic mass is 32.2. The third-order valence-corrected chi connectivity index (χ3v) is 6.67. The van der Waals surface area contributed by atoms with Crippen LogP contribution in [0.2, 0.25) is 0 Å². The molecule has 34 heavy (non-hydrogen) atoms. The lowest BCUT2D eigenvalue weighted by atomic mass is 9.89. The van der Waals surface area contributed by atoms with Gasteiger partial charge in [0.05, 0.1) is 18.1 Å². The molecule has 170 valence electrons. The van der Waals surface area contributed by atoms with E-state index in [1.807, 2.05) is 91.0 Å². The zero-order valence-corrected chi connectivity index (χ0v) is 19.3. The van der Waals surface area contributed by atoms with Gasteiger partial charge in [-0.05, 0) is 47.0 Å². The molecule has 0 saturated carbocycles. The van der Waals surface area contributed by atoms with Crippen LogP contribution in [0, 0.1) is 0 Å². The maximum Gasteiger partial charge on any atom is 0.255 e. The van der Waals surface area contributed by atoms with Crippen LogP contribution in [0.15, 0.2) is 102 Å². The number of anilines is 1. The standard InChI is InChI=1S/C28H23NO4S/c1-32-25-13-8-14-26-27(25)23-16-15-22(19-24(23)28(33-26)21-11-6-3-7-12-21)29-34(30,31)18-17-20-9-4-2-5-10-20/h2-19,28-29H,1H3/b18-17+. The molecule has 1 atom stereocenters. The molecule has 1 aliphatic heterocycles. The molecule has 1 heterocycles. The highest BCUT2D eigenvalue weighted by Gasteiger charge is 2.30. The molecular formula is C28H23NO4S. The Morgan fingerprint density at radius 2 is 1.62 bits per heavy atom. The molecule has 0 bridgehead atoms. The highest BCUT2D eigenvalue weighted by Crippen LogP contribution is 2.49. The Kier molecular flexibility index (Phi) is 5.82. The van der Waals surface area contributed by atoms with Gasteiger partial charge in [-0.1, -0.05) is 72.8 Å². The number of hydrogen-bond donors (Lipinski definition) is 1. The van der Waals surface area contributed by atoms with Gasteiger partial charge in [-0.2, -0.15) is 0 Å². The molecule has 1 unspecified atom stereocenters. The van der Waals surface area contributed by atoms with Crippen molar-refractivity contribution < 1.29 is 17.9 Å². The molecule has 4 aromatic rings. The number of benzene rings is 4. The molecule has 5 rings (SSSR count). The van der Waals surface area contributed by atoms with Crippen LogP contribution in [0.1, 0.15) is 22.8 Å². The van der Waals surface area contributed by atoms with E-state index < -0.39 is 10.0 Å². The van der Waals surface area contributed by atoms with E-state index in [2.05, 4.69) is 4.72 Å². The van der Waals surface area contributed by atoms with Gasteiger partial charge in [0.1, 0.15) is 17.6 Å². The molecule has 1 aliphatic rings. The maximum absolute atomic E-state index is 12.7. The van der Waals surface area contributed by atoms with Crippen molar-refractivity contribution in [2.45, 2.75) is 6.10 Å². The quantitative estimate of drug-likeness (QED) is 0.362. The number of rotatable bonds is 6. The predicted octanol–water partition coefficient (Wildman–Crippen LogP) is 6.26. The number of methoxy groups -OCH3 is 1. The monoisotopic (exact) mass is 469 g/mol. The largest absolute Gasteiger partial charge is 0.496 e. The fourth-order valence-corrected chi connectivity index (χ4v) is 4.97. The summed E-state index contributed by atoms with van der Waals surface area (Å²) < 4.78 is 40.1. The third kappa shape index (κ3) is 4.40. The zero-order valence-electron chi connectivity index (χ0n) is 18.5. The number of sulfonamides is 1. The molecule has 4 aromatic carbocycles. The summed E-state index contributed by atoms with van der Waals surface area (Å²) in [5.74, 6) is 1.42. The van der Waals surface area contributed by atoms with Crippen molar-refractivity contribution in [3.8, 4) is 22.6 Å². The Morgan fingerprint density at radius 1 is 0.882 bits per heavy atom. The van der Waals surface area contributed by atoms with Crippen molar-refractivity contribution in [1.29, 1.82) is 0 Å². The van der Waals surface area contributed by atoms with E-state index in [1.54, 1.807) is 19.3 Å². The normalized spacial score (nSPS) is 14.7. The average Bonchev–Trinajstić information content (AvgIpc) is 2.87. The number of ether oxygens (including phenoxy) is 2. The Morgan fingerprint density at radius 3 is 2.35 bits per heavy atom. The minimum Gasteiger partial charge on any atom is -0.496 e. The first kappa shape index (κ1) is 21.8. The molecule has 0 aromatic heterocycles. The molecule has 0 radical (unpaired) electrons. The second-order valence-electron chi connectivity index (χ2n) is 7.90. The van der Waals surface area contributed by atoms with Gasteiger partial charge in [-0.15, -0.1) is 0 Å². The van der Waals surface area contributed by atoms with E-state index in [9.17, 15) is 8.42 Å². The average molecular weight is 470 g/mol. The molecule has 0 saturated heterocycles. The molecular weight excluding hydrogens is 446 g/mol. The van der Waals surface area contributed by atoms with E-state index in [0.29, 0.717) is 11.4 Å². The maximum atomic E-state index is 12.7. The lowest BCUT2D eigenvalue weighted by Crippen LogP contribution is -2.17. The van der Waals surface area contributed by atoms with Gasteiger partial charge in [0.2, 0.25) is 0 Å². The van der Waals surface area contributed by atoms with E-state index in [1.165, 1.54) is 5.41 Å². The van der Waals surface area contributed by atoms with Crippen LogP contribution in [0.4, 0.5) is 5.69 Å². The topological polar surface area (TPSA) is 64.6 Å². The van der Waals surface area contributed by atoms with Crippen molar-refractivity contribution in [3.63, 3.8) is 0 Å². The van der Waals surface area contributed by atoms with Gasteiger partial charge in [0, 0.05) is 11.3 Å². The second kappa shape index (κ2) is 9.08.